The zero-order valence-corrected chi connectivity index (χ0v) is 12.9. The Balaban J connectivity index is 2.21. The van der Waals surface area contributed by atoms with Gasteiger partial charge in [0.25, 0.3) is 5.69 Å². The Morgan fingerprint density at radius 2 is 1.40 bits per heavy atom. The molecule has 0 unspecified atom stereocenters. The lowest BCUT2D eigenvalue weighted by Crippen LogP contribution is -1.94. The molecule has 5 aromatic rings. The molecule has 5 aromatic carbocycles. The van der Waals surface area contributed by atoms with Crippen molar-refractivity contribution < 1.29 is 4.92 Å². The second kappa shape index (κ2) is 4.70. The summed E-state index contributed by atoms with van der Waals surface area (Å²) < 4.78 is 0. The average molecular weight is 326 g/mol. The van der Waals surface area contributed by atoms with Crippen molar-refractivity contribution in [3.63, 3.8) is 0 Å². The summed E-state index contributed by atoms with van der Waals surface area (Å²) in [5.74, 6) is 0. The molecule has 0 aliphatic heterocycles. The SMILES string of the molecule is O=Nc1ccc2ccc3c([N+](=O)[O-])c4ccccc4c4ccc1c2c34. The van der Waals surface area contributed by atoms with E-state index in [1.165, 1.54) is 0 Å². The highest BCUT2D eigenvalue weighted by molar-refractivity contribution is 6.33. The first-order valence-electron chi connectivity index (χ1n) is 7.80. The zero-order valence-electron chi connectivity index (χ0n) is 12.9. The van der Waals surface area contributed by atoms with Crippen LogP contribution < -0.4 is 0 Å². The predicted molar refractivity (Wildman–Crippen MR) is 99.8 cm³/mol. The summed E-state index contributed by atoms with van der Waals surface area (Å²) in [7, 11) is 0. The van der Waals surface area contributed by atoms with Crippen molar-refractivity contribution in [2.45, 2.75) is 0 Å². The van der Waals surface area contributed by atoms with Crippen molar-refractivity contribution in [3.05, 3.63) is 75.7 Å². The highest BCUT2D eigenvalue weighted by atomic mass is 16.6. The molecular formula is C20H10N2O3. The number of benzene rings is 5. The molecule has 0 saturated carbocycles. The largest absolute Gasteiger partial charge is 0.285 e. The fourth-order valence-electron chi connectivity index (χ4n) is 3.90. The number of nitro benzene ring substituents is 1. The number of hydrogen-bond acceptors (Lipinski definition) is 4. The standard InChI is InChI=1S/C20H10N2O3/c23-21-17-10-6-11-5-7-16-19-13(8-9-15(17)18(11)19)12-3-1-2-4-14(12)20(16)22(24)25/h1-10H. The van der Waals surface area contributed by atoms with Gasteiger partial charge in [-0.25, -0.2) is 0 Å². The molecule has 0 radical (unpaired) electrons. The first-order valence-corrected chi connectivity index (χ1v) is 7.80. The van der Waals surface area contributed by atoms with E-state index in [0.29, 0.717) is 16.5 Å². The van der Waals surface area contributed by atoms with Crippen LogP contribution in [0.2, 0.25) is 0 Å². The molecule has 5 rings (SSSR count). The summed E-state index contributed by atoms with van der Waals surface area (Å²) in [5.41, 5.74) is 0.444. The van der Waals surface area contributed by atoms with Crippen LogP contribution in [0.25, 0.3) is 43.1 Å². The van der Waals surface area contributed by atoms with Gasteiger partial charge in [-0.2, -0.15) is 0 Å². The number of nitro groups is 1. The molecule has 118 valence electrons. The van der Waals surface area contributed by atoms with E-state index in [2.05, 4.69) is 5.18 Å². The molecule has 0 bridgehead atoms. The zero-order chi connectivity index (χ0) is 17.1. The van der Waals surface area contributed by atoms with E-state index in [1.54, 1.807) is 24.3 Å². The minimum Gasteiger partial charge on any atom is -0.258 e. The molecule has 0 aromatic heterocycles. The number of hydrogen-bond donors (Lipinski definition) is 0. The molecule has 0 fully saturated rings. The topological polar surface area (TPSA) is 72.6 Å². The van der Waals surface area contributed by atoms with Crippen molar-refractivity contribution in [3.8, 4) is 0 Å². The summed E-state index contributed by atoms with van der Waals surface area (Å²) in [4.78, 5) is 22.7. The fraction of sp³-hybridized carbons (Fsp3) is 0. The van der Waals surface area contributed by atoms with Crippen LogP contribution in [0, 0.1) is 15.0 Å². The van der Waals surface area contributed by atoms with Crippen LogP contribution in [0.3, 0.4) is 0 Å². The van der Waals surface area contributed by atoms with Gasteiger partial charge in [0.2, 0.25) is 0 Å². The van der Waals surface area contributed by atoms with E-state index in [1.807, 2.05) is 36.4 Å². The molecule has 5 heteroatoms. The molecular weight excluding hydrogens is 316 g/mol. The molecule has 0 aliphatic carbocycles. The summed E-state index contributed by atoms with van der Waals surface area (Å²) in [5, 5.41) is 21.2. The van der Waals surface area contributed by atoms with Crippen LogP contribution in [0.1, 0.15) is 0 Å². The first-order chi connectivity index (χ1) is 12.2. The molecule has 0 saturated heterocycles. The van der Waals surface area contributed by atoms with Crippen molar-refractivity contribution in [2.24, 2.45) is 5.18 Å². The molecule has 0 spiro atoms. The number of rotatable bonds is 2. The summed E-state index contributed by atoms with van der Waals surface area (Å²) in [6.45, 7) is 0. The van der Waals surface area contributed by atoms with Gasteiger partial charge in [-0.15, -0.1) is 4.91 Å². The van der Waals surface area contributed by atoms with E-state index in [0.717, 1.165) is 32.3 Å². The monoisotopic (exact) mass is 326 g/mol. The highest BCUT2D eigenvalue weighted by Crippen LogP contribution is 2.45. The van der Waals surface area contributed by atoms with Gasteiger partial charge >= 0.3 is 0 Å². The molecule has 0 N–H and O–H groups in total. The van der Waals surface area contributed by atoms with Gasteiger partial charge in [-0.3, -0.25) is 10.1 Å². The van der Waals surface area contributed by atoms with Crippen molar-refractivity contribution >= 4 is 54.5 Å². The van der Waals surface area contributed by atoms with Crippen molar-refractivity contribution in [2.75, 3.05) is 0 Å². The van der Waals surface area contributed by atoms with Gasteiger partial charge in [-0.1, -0.05) is 42.5 Å². The van der Waals surface area contributed by atoms with Crippen LogP contribution in [0.4, 0.5) is 11.4 Å². The van der Waals surface area contributed by atoms with Gasteiger partial charge in [0.1, 0.15) is 5.69 Å². The maximum atomic E-state index is 11.8. The van der Waals surface area contributed by atoms with Crippen LogP contribution in [-0.4, -0.2) is 4.92 Å². The predicted octanol–water partition coefficient (Wildman–Crippen LogP) is 6.04. The third-order valence-corrected chi connectivity index (χ3v) is 4.90. The van der Waals surface area contributed by atoms with E-state index in [-0.39, 0.29) is 10.6 Å². The lowest BCUT2D eigenvalue weighted by molar-refractivity contribution is -0.381. The summed E-state index contributed by atoms with van der Waals surface area (Å²) >= 11 is 0. The Kier molecular flexibility index (Phi) is 2.60. The Hall–Kier alpha value is -3.60. The van der Waals surface area contributed by atoms with Crippen molar-refractivity contribution in [1.82, 2.24) is 0 Å². The summed E-state index contributed by atoms with van der Waals surface area (Å²) in [6, 6.07) is 18.3. The summed E-state index contributed by atoms with van der Waals surface area (Å²) in [6.07, 6.45) is 0. The molecule has 25 heavy (non-hydrogen) atoms. The number of nitrogens with zero attached hydrogens (tertiary/aromatic N) is 2. The molecule has 0 heterocycles. The van der Waals surface area contributed by atoms with Gasteiger partial charge in [0.05, 0.1) is 15.7 Å². The number of non-ortho nitro benzene ring substituents is 1. The van der Waals surface area contributed by atoms with Crippen LogP contribution >= 0.6 is 0 Å². The van der Waals surface area contributed by atoms with Gasteiger partial charge < -0.3 is 0 Å². The minimum atomic E-state index is -0.326. The smallest absolute Gasteiger partial charge is 0.258 e. The number of fused-ring (bicyclic) bond motifs is 2. The second-order valence-electron chi connectivity index (χ2n) is 6.07. The van der Waals surface area contributed by atoms with Gasteiger partial charge in [-0.05, 0) is 44.9 Å². The Bertz CT molecular complexity index is 1340. The third kappa shape index (κ3) is 1.67. The van der Waals surface area contributed by atoms with E-state index in [9.17, 15) is 15.0 Å². The Morgan fingerprint density at radius 1 is 0.720 bits per heavy atom. The van der Waals surface area contributed by atoms with E-state index in [4.69, 9.17) is 0 Å². The van der Waals surface area contributed by atoms with Crippen LogP contribution in [0.15, 0.2) is 65.8 Å². The maximum absolute atomic E-state index is 11.8. The maximum Gasteiger partial charge on any atom is 0.285 e. The lowest BCUT2D eigenvalue weighted by atomic mass is 9.89. The normalized spacial score (nSPS) is 11.7. The second-order valence-corrected chi connectivity index (χ2v) is 6.07. The highest BCUT2D eigenvalue weighted by Gasteiger charge is 2.22. The quantitative estimate of drug-likeness (QED) is 0.130. The van der Waals surface area contributed by atoms with Gasteiger partial charge in [0.15, 0.2) is 0 Å². The molecule has 0 aliphatic rings. The Labute approximate surface area is 140 Å². The van der Waals surface area contributed by atoms with Crippen LogP contribution in [-0.2, 0) is 0 Å². The lowest BCUT2D eigenvalue weighted by Gasteiger charge is -2.14. The Morgan fingerprint density at radius 3 is 2.16 bits per heavy atom. The number of nitroso groups, excluding NO2 is 1. The first kappa shape index (κ1) is 13.8. The minimum absolute atomic E-state index is 0.0990. The van der Waals surface area contributed by atoms with Crippen molar-refractivity contribution in [1.29, 1.82) is 0 Å². The van der Waals surface area contributed by atoms with E-state index >= 15 is 0 Å². The van der Waals surface area contributed by atoms with E-state index < -0.39 is 0 Å². The average Bonchev–Trinajstić information content (AvgIpc) is 2.64. The van der Waals surface area contributed by atoms with Gasteiger partial charge in [0, 0.05) is 10.8 Å². The van der Waals surface area contributed by atoms with Crippen LogP contribution in [0.5, 0.6) is 0 Å². The fourth-order valence-corrected chi connectivity index (χ4v) is 3.90. The third-order valence-electron chi connectivity index (χ3n) is 4.90. The molecule has 0 atom stereocenters. The molecule has 5 nitrogen and oxygen atoms in total. The molecule has 0 amide bonds.